The lowest BCUT2D eigenvalue weighted by molar-refractivity contribution is 0.100. The zero-order valence-corrected chi connectivity index (χ0v) is 22.8. The number of carbonyl (C=O) groups is 1. The van der Waals surface area contributed by atoms with Gasteiger partial charge in [-0.15, -0.1) is 19.5 Å². The first-order valence-electron chi connectivity index (χ1n) is 11.5. The highest BCUT2D eigenvalue weighted by Crippen LogP contribution is 2.40. The molecule has 3 aromatic heterocycles. The maximum atomic E-state index is 11.9. The number of nitrogens with zero attached hydrogens (tertiary/aromatic N) is 4. The van der Waals surface area contributed by atoms with Crippen molar-refractivity contribution in [1.82, 2.24) is 15.0 Å². The molecule has 1 aromatic carbocycles. The van der Waals surface area contributed by atoms with E-state index in [4.69, 9.17) is 20.7 Å². The fourth-order valence-electron chi connectivity index (χ4n) is 3.85. The van der Waals surface area contributed by atoms with Crippen molar-refractivity contribution in [2.45, 2.75) is 43.6 Å². The van der Waals surface area contributed by atoms with Crippen LogP contribution in [0.4, 0.5) is 5.82 Å². The van der Waals surface area contributed by atoms with Gasteiger partial charge in [0.05, 0.1) is 29.6 Å². The number of hydrogen-bond donors (Lipinski definition) is 3. The molecule has 0 fully saturated rings. The Kier molecular flexibility index (Phi) is 8.27. The molecule has 0 aliphatic rings. The van der Waals surface area contributed by atoms with Gasteiger partial charge in [0.15, 0.2) is 16.6 Å². The second-order valence-corrected chi connectivity index (χ2v) is 12.2. The Morgan fingerprint density at radius 3 is 2.78 bits per heavy atom. The third kappa shape index (κ3) is 5.88. The van der Waals surface area contributed by atoms with Gasteiger partial charge in [-0.1, -0.05) is 37.7 Å². The normalized spacial score (nSPS) is 13.2. The molecule has 1 amide bonds. The van der Waals surface area contributed by atoms with Crippen molar-refractivity contribution in [3.8, 4) is 16.6 Å². The number of nitriles is 1. The molecule has 0 saturated heterocycles. The fraction of sp³-hybridized carbons (Fsp3) is 0.320. The number of benzene rings is 1. The van der Waals surface area contributed by atoms with E-state index >= 15 is 0 Å². The third-order valence-corrected chi connectivity index (χ3v) is 8.78. The lowest BCUT2D eigenvalue weighted by atomic mass is 10.0. The number of rotatable bonds is 10. The molecule has 3 atom stereocenters. The predicted octanol–water partition coefficient (Wildman–Crippen LogP) is 5.43. The largest absolute Gasteiger partial charge is 0.394 e. The van der Waals surface area contributed by atoms with Crippen LogP contribution in [0.2, 0.25) is 0 Å². The molecule has 0 aliphatic carbocycles. The summed E-state index contributed by atoms with van der Waals surface area (Å²) < 4.78 is 0.760. The van der Waals surface area contributed by atoms with Gasteiger partial charge in [-0.2, -0.15) is 5.26 Å². The minimum absolute atomic E-state index is 0.00542. The predicted molar refractivity (Wildman–Crippen MR) is 148 cm³/mol. The molecule has 0 aliphatic heterocycles. The Morgan fingerprint density at radius 1 is 1.28 bits per heavy atom. The lowest BCUT2D eigenvalue weighted by Gasteiger charge is -2.19. The molecule has 186 valence electrons. The number of thioether (sulfide) groups is 1. The number of aromatic nitrogens is 3. The molecule has 0 saturated carbocycles. The van der Waals surface area contributed by atoms with Gasteiger partial charge < -0.3 is 16.2 Å². The van der Waals surface area contributed by atoms with Crippen LogP contribution in [0.3, 0.4) is 0 Å². The van der Waals surface area contributed by atoms with Crippen LogP contribution in [0.25, 0.3) is 20.9 Å². The number of aliphatic hydroxyl groups excluding tert-OH is 1. The van der Waals surface area contributed by atoms with Crippen LogP contribution in [0, 0.1) is 17.2 Å². The smallest absolute Gasteiger partial charge is 0.253 e. The summed E-state index contributed by atoms with van der Waals surface area (Å²) in [5, 5.41) is 24.4. The van der Waals surface area contributed by atoms with E-state index in [-0.39, 0.29) is 26.1 Å². The van der Waals surface area contributed by atoms with E-state index < -0.39 is 5.91 Å². The highest BCUT2D eigenvalue weighted by atomic mass is 32.2. The molecule has 36 heavy (non-hydrogen) atoms. The summed E-state index contributed by atoms with van der Waals surface area (Å²) in [5.41, 5.74) is 8.44. The van der Waals surface area contributed by atoms with E-state index in [1.807, 2.05) is 37.0 Å². The maximum absolute atomic E-state index is 11.9. The average molecular weight is 539 g/mol. The van der Waals surface area contributed by atoms with Crippen molar-refractivity contribution in [2.24, 2.45) is 11.7 Å². The second-order valence-electron chi connectivity index (χ2n) is 8.81. The molecule has 0 spiro atoms. The first kappa shape index (κ1) is 26.1. The van der Waals surface area contributed by atoms with Gasteiger partial charge >= 0.3 is 0 Å². The molecule has 4 rings (SSSR count). The van der Waals surface area contributed by atoms with E-state index in [1.54, 1.807) is 6.07 Å². The Balaban J connectivity index is 1.75. The highest BCUT2D eigenvalue weighted by molar-refractivity contribution is 7.99. The van der Waals surface area contributed by atoms with E-state index in [9.17, 15) is 15.2 Å². The minimum Gasteiger partial charge on any atom is -0.394 e. The summed E-state index contributed by atoms with van der Waals surface area (Å²) in [6.07, 6.45) is 0.772. The van der Waals surface area contributed by atoms with Crippen molar-refractivity contribution in [1.29, 1.82) is 5.26 Å². The number of nitrogens with two attached hydrogens (primary N) is 1. The van der Waals surface area contributed by atoms with E-state index in [0.29, 0.717) is 38.4 Å². The van der Waals surface area contributed by atoms with Crippen molar-refractivity contribution in [3.05, 3.63) is 52.6 Å². The first-order valence-corrected chi connectivity index (χ1v) is 14.3. The topological polar surface area (TPSA) is 138 Å². The molecular formula is C25H27N6O2PS2. The van der Waals surface area contributed by atoms with Crippen LogP contribution in [0.15, 0.2) is 41.3 Å². The van der Waals surface area contributed by atoms with Crippen molar-refractivity contribution in [3.63, 3.8) is 0 Å². The van der Waals surface area contributed by atoms with E-state index in [2.05, 4.69) is 25.2 Å². The van der Waals surface area contributed by atoms with Crippen molar-refractivity contribution >= 4 is 53.4 Å². The Morgan fingerprint density at radius 2 is 2.08 bits per heavy atom. The van der Waals surface area contributed by atoms with Gasteiger partial charge in [-0.05, 0) is 48.8 Å². The van der Waals surface area contributed by atoms with Gasteiger partial charge in [0, 0.05) is 10.8 Å². The Labute approximate surface area is 219 Å². The number of amides is 1. The van der Waals surface area contributed by atoms with E-state index in [1.165, 1.54) is 23.1 Å². The Bertz CT molecular complexity index is 1430. The molecule has 2 unspecified atom stereocenters. The average Bonchev–Trinajstić information content (AvgIpc) is 3.50. The van der Waals surface area contributed by atoms with Gasteiger partial charge in [0.2, 0.25) is 0 Å². The number of hydrogen-bond acceptors (Lipinski definition) is 9. The first-order chi connectivity index (χ1) is 17.3. The Hall–Kier alpha value is -2.96. The van der Waals surface area contributed by atoms with E-state index in [0.717, 1.165) is 22.2 Å². The van der Waals surface area contributed by atoms with Crippen LogP contribution in [-0.4, -0.2) is 38.6 Å². The van der Waals surface area contributed by atoms with Crippen LogP contribution in [-0.2, 0) is 0 Å². The minimum atomic E-state index is -0.445. The number of nitrogens with one attached hydrogen (secondary N) is 1. The summed E-state index contributed by atoms with van der Waals surface area (Å²) >= 11 is 2.88. The van der Waals surface area contributed by atoms with Crippen LogP contribution < -0.4 is 11.1 Å². The molecular weight excluding hydrogens is 511 g/mol. The van der Waals surface area contributed by atoms with Crippen molar-refractivity contribution < 1.29 is 9.90 Å². The quantitative estimate of drug-likeness (QED) is 0.180. The van der Waals surface area contributed by atoms with Gasteiger partial charge in [-0.3, -0.25) is 4.79 Å². The molecule has 4 aromatic rings. The monoisotopic (exact) mass is 538 g/mol. The van der Waals surface area contributed by atoms with Gasteiger partial charge in [-0.25, -0.2) is 15.0 Å². The van der Waals surface area contributed by atoms with Gasteiger partial charge in [0.1, 0.15) is 9.71 Å². The molecule has 0 bridgehead atoms. The number of fused-ring (bicyclic) bond motifs is 1. The summed E-state index contributed by atoms with van der Waals surface area (Å²) in [4.78, 5) is 26.2. The fourth-order valence-corrected chi connectivity index (χ4v) is 6.73. The zero-order chi connectivity index (χ0) is 25.8. The standard InChI is InChI=1S/C25H27N6O2PS2/c1-13(2)9-17(12-32)28-22-20-23(29-24(36-20)18-7-8-34-19(18)21(27)33)31-25(30-22)35-14(3)16-6-4-5-15(10-16)11-26/h4-8,10,13-14,17,32,34H,9,12H2,1-3H3,(H2,27,33)(H,28,30,31)/t14?,17-/m1/s1. The number of thiazole rings is 1. The van der Waals surface area contributed by atoms with Crippen LogP contribution in [0.1, 0.15) is 53.7 Å². The summed E-state index contributed by atoms with van der Waals surface area (Å²) in [6.45, 7) is 6.22. The maximum Gasteiger partial charge on any atom is 0.253 e. The lowest BCUT2D eigenvalue weighted by Crippen LogP contribution is -2.26. The number of primary amides is 1. The number of anilines is 1. The van der Waals surface area contributed by atoms with Crippen LogP contribution >= 0.6 is 31.3 Å². The number of aliphatic hydroxyl groups is 1. The van der Waals surface area contributed by atoms with Gasteiger partial charge in [0.25, 0.3) is 5.91 Å². The molecule has 3 heterocycles. The SMILES string of the molecule is CC(C)C[C@H](CO)Nc1nc(SC(C)c2cccc(C#N)c2)nc2nc(-c3cc[pH]c3C(N)=O)sc12. The second kappa shape index (κ2) is 11.4. The zero-order valence-electron chi connectivity index (χ0n) is 20.1. The molecule has 4 N–H and O–H groups in total. The van der Waals surface area contributed by atoms with Crippen molar-refractivity contribution in [2.75, 3.05) is 11.9 Å². The summed E-state index contributed by atoms with van der Waals surface area (Å²) in [6, 6.07) is 11.4. The molecule has 8 nitrogen and oxygen atoms in total. The molecule has 11 heteroatoms. The van der Waals surface area contributed by atoms with Crippen LogP contribution in [0.5, 0.6) is 0 Å². The number of carbonyl (C=O) groups excluding carboxylic acids is 1. The third-order valence-electron chi connectivity index (χ3n) is 5.54. The molecule has 0 radical (unpaired) electrons. The summed E-state index contributed by atoms with van der Waals surface area (Å²) in [5.74, 6) is 2.47. The highest BCUT2D eigenvalue weighted by Gasteiger charge is 2.21. The summed E-state index contributed by atoms with van der Waals surface area (Å²) in [7, 11) is 0.220.